The molecule has 1 amide bonds. The molecule has 1 aromatic carbocycles. The van der Waals surface area contributed by atoms with Gasteiger partial charge in [0, 0.05) is 19.5 Å². The molecule has 0 bridgehead atoms. The Labute approximate surface area is 157 Å². The lowest BCUT2D eigenvalue weighted by atomic mass is 9.97. The van der Waals surface area contributed by atoms with Gasteiger partial charge in [0.05, 0.1) is 11.9 Å². The molecule has 1 aromatic rings. The lowest BCUT2D eigenvalue weighted by Crippen LogP contribution is -2.35. The van der Waals surface area contributed by atoms with Gasteiger partial charge in [-0.05, 0) is 63.1 Å². The topological polar surface area (TPSA) is 66.5 Å². The van der Waals surface area contributed by atoms with Crippen LogP contribution in [0.1, 0.15) is 49.7 Å². The Hall–Kier alpha value is -1.82. The molecule has 0 heterocycles. The molecule has 0 radical (unpaired) electrons. The predicted octanol–water partition coefficient (Wildman–Crippen LogP) is 3.47. The highest BCUT2D eigenvalue weighted by molar-refractivity contribution is 7.92. The minimum atomic E-state index is -3.45. The van der Waals surface area contributed by atoms with Crippen LogP contribution in [-0.2, 0) is 14.8 Å². The summed E-state index contributed by atoms with van der Waals surface area (Å²) in [6.07, 6.45) is 9.27. The van der Waals surface area contributed by atoms with E-state index in [1.807, 2.05) is 32.0 Å². The molecule has 2 rings (SSSR count). The highest BCUT2D eigenvalue weighted by Gasteiger charge is 2.20. The normalized spacial score (nSPS) is 14.7. The number of aryl methyl sites for hydroxylation is 2. The Morgan fingerprint density at radius 1 is 1.23 bits per heavy atom. The molecule has 6 heteroatoms. The highest BCUT2D eigenvalue weighted by atomic mass is 32.2. The summed E-state index contributed by atoms with van der Waals surface area (Å²) in [5, 5.41) is 2.91. The smallest absolute Gasteiger partial charge is 0.232 e. The van der Waals surface area contributed by atoms with E-state index in [0.29, 0.717) is 12.2 Å². The first kappa shape index (κ1) is 20.5. The Bertz CT molecular complexity index is 769. The second-order valence-corrected chi connectivity index (χ2v) is 8.99. The first-order valence-electron chi connectivity index (χ1n) is 9.27. The molecular weight excluding hydrogens is 348 g/mol. The summed E-state index contributed by atoms with van der Waals surface area (Å²) in [6.45, 7) is 4.58. The van der Waals surface area contributed by atoms with Crippen molar-refractivity contribution in [2.75, 3.05) is 23.7 Å². The van der Waals surface area contributed by atoms with Gasteiger partial charge in [-0.1, -0.05) is 23.8 Å². The molecule has 5 nitrogen and oxygen atoms in total. The maximum atomic E-state index is 12.2. The van der Waals surface area contributed by atoms with Crippen LogP contribution in [0.5, 0.6) is 0 Å². The van der Waals surface area contributed by atoms with Crippen molar-refractivity contribution in [3.63, 3.8) is 0 Å². The van der Waals surface area contributed by atoms with Gasteiger partial charge in [0.25, 0.3) is 0 Å². The summed E-state index contributed by atoms with van der Waals surface area (Å²) in [6, 6.07) is 5.70. The third-order valence-electron chi connectivity index (χ3n) is 4.73. The van der Waals surface area contributed by atoms with Crippen molar-refractivity contribution in [2.24, 2.45) is 0 Å². The monoisotopic (exact) mass is 378 g/mol. The molecule has 0 aromatic heterocycles. The zero-order valence-corrected chi connectivity index (χ0v) is 16.9. The van der Waals surface area contributed by atoms with Gasteiger partial charge in [-0.3, -0.25) is 9.10 Å². The quantitative estimate of drug-likeness (QED) is 0.705. The number of hydrogen-bond donors (Lipinski definition) is 1. The van der Waals surface area contributed by atoms with E-state index in [1.165, 1.54) is 29.0 Å². The maximum absolute atomic E-state index is 12.2. The van der Waals surface area contributed by atoms with Crippen LogP contribution in [0.2, 0.25) is 0 Å². The summed E-state index contributed by atoms with van der Waals surface area (Å²) >= 11 is 0. The third kappa shape index (κ3) is 6.16. The van der Waals surface area contributed by atoms with Gasteiger partial charge in [0.15, 0.2) is 0 Å². The number of amides is 1. The van der Waals surface area contributed by atoms with Crippen molar-refractivity contribution in [2.45, 2.75) is 52.4 Å². The Kier molecular flexibility index (Phi) is 7.26. The molecule has 1 aliphatic rings. The maximum Gasteiger partial charge on any atom is 0.232 e. The minimum Gasteiger partial charge on any atom is -0.356 e. The second-order valence-electron chi connectivity index (χ2n) is 7.08. The van der Waals surface area contributed by atoms with Crippen molar-refractivity contribution < 1.29 is 13.2 Å². The summed E-state index contributed by atoms with van der Waals surface area (Å²) in [7, 11) is -3.45. The molecule has 0 saturated carbocycles. The zero-order chi connectivity index (χ0) is 19.2. The largest absolute Gasteiger partial charge is 0.356 e. The SMILES string of the molecule is Cc1ccc(C)c(N(CCC(=O)NCCC2=CCCCC2)S(C)(=O)=O)c1. The van der Waals surface area contributed by atoms with E-state index in [0.717, 1.165) is 30.4 Å². The van der Waals surface area contributed by atoms with Crippen LogP contribution in [0.25, 0.3) is 0 Å². The molecule has 1 N–H and O–H groups in total. The van der Waals surface area contributed by atoms with Gasteiger partial charge in [-0.25, -0.2) is 8.42 Å². The van der Waals surface area contributed by atoms with Crippen LogP contribution in [0.3, 0.4) is 0 Å². The average Bonchev–Trinajstić information content (AvgIpc) is 2.58. The molecular formula is C20H30N2O3S. The Morgan fingerprint density at radius 2 is 2.00 bits per heavy atom. The Morgan fingerprint density at radius 3 is 2.65 bits per heavy atom. The number of carbonyl (C=O) groups is 1. The molecule has 0 unspecified atom stereocenters. The predicted molar refractivity (Wildman–Crippen MR) is 107 cm³/mol. The van der Waals surface area contributed by atoms with Crippen LogP contribution in [0, 0.1) is 13.8 Å². The molecule has 0 fully saturated rings. The molecule has 26 heavy (non-hydrogen) atoms. The highest BCUT2D eigenvalue weighted by Crippen LogP contribution is 2.24. The molecule has 1 aliphatic carbocycles. The zero-order valence-electron chi connectivity index (χ0n) is 16.0. The molecule has 0 atom stereocenters. The standard InChI is InChI=1S/C20H30N2O3S/c1-16-9-10-17(2)19(15-16)22(26(3,24)25)14-12-20(23)21-13-11-18-7-5-4-6-8-18/h7,9-10,15H,4-6,8,11-14H2,1-3H3,(H,21,23). The molecule has 144 valence electrons. The van der Waals surface area contributed by atoms with Crippen molar-refractivity contribution in [1.82, 2.24) is 5.32 Å². The van der Waals surface area contributed by atoms with E-state index >= 15 is 0 Å². The number of carbonyl (C=O) groups excluding carboxylic acids is 1. The fraction of sp³-hybridized carbons (Fsp3) is 0.550. The van der Waals surface area contributed by atoms with E-state index in [4.69, 9.17) is 0 Å². The number of benzene rings is 1. The van der Waals surface area contributed by atoms with Crippen LogP contribution in [-0.4, -0.2) is 33.7 Å². The Balaban J connectivity index is 1.91. The van der Waals surface area contributed by atoms with Crippen molar-refractivity contribution in [3.8, 4) is 0 Å². The number of sulfonamides is 1. The molecule has 0 saturated heterocycles. The van der Waals surface area contributed by atoms with Crippen molar-refractivity contribution in [3.05, 3.63) is 41.0 Å². The molecule has 0 aliphatic heterocycles. The van der Waals surface area contributed by atoms with Crippen LogP contribution in [0.4, 0.5) is 5.69 Å². The van der Waals surface area contributed by atoms with Gasteiger partial charge < -0.3 is 5.32 Å². The third-order valence-corrected chi connectivity index (χ3v) is 5.91. The van der Waals surface area contributed by atoms with Crippen molar-refractivity contribution in [1.29, 1.82) is 0 Å². The van der Waals surface area contributed by atoms with Gasteiger partial charge >= 0.3 is 0 Å². The van der Waals surface area contributed by atoms with E-state index in [1.54, 1.807) is 0 Å². The summed E-state index contributed by atoms with van der Waals surface area (Å²) in [5.41, 5.74) is 3.94. The summed E-state index contributed by atoms with van der Waals surface area (Å²) in [4.78, 5) is 12.1. The average molecular weight is 379 g/mol. The number of rotatable bonds is 8. The fourth-order valence-electron chi connectivity index (χ4n) is 3.24. The second kappa shape index (κ2) is 9.21. The number of nitrogens with zero attached hydrogens (tertiary/aromatic N) is 1. The minimum absolute atomic E-state index is 0.111. The van der Waals surface area contributed by atoms with Gasteiger partial charge in [-0.15, -0.1) is 0 Å². The number of hydrogen-bond acceptors (Lipinski definition) is 3. The first-order valence-corrected chi connectivity index (χ1v) is 11.1. The van der Waals surface area contributed by atoms with E-state index < -0.39 is 10.0 Å². The van der Waals surface area contributed by atoms with Gasteiger partial charge in [-0.2, -0.15) is 0 Å². The van der Waals surface area contributed by atoms with E-state index in [2.05, 4.69) is 11.4 Å². The van der Waals surface area contributed by atoms with Crippen molar-refractivity contribution >= 4 is 21.6 Å². The number of anilines is 1. The van der Waals surface area contributed by atoms with Crippen LogP contribution in [0.15, 0.2) is 29.8 Å². The lowest BCUT2D eigenvalue weighted by molar-refractivity contribution is -0.120. The van der Waals surface area contributed by atoms with Crippen LogP contribution < -0.4 is 9.62 Å². The van der Waals surface area contributed by atoms with E-state index in [-0.39, 0.29) is 18.9 Å². The summed E-state index contributed by atoms with van der Waals surface area (Å²) < 4.78 is 25.8. The fourth-order valence-corrected chi connectivity index (χ4v) is 4.22. The number of allylic oxidation sites excluding steroid dienone is 1. The van der Waals surface area contributed by atoms with Gasteiger partial charge in [0.2, 0.25) is 15.9 Å². The van der Waals surface area contributed by atoms with Crippen LogP contribution >= 0.6 is 0 Å². The summed E-state index contributed by atoms with van der Waals surface area (Å²) in [5.74, 6) is -0.111. The van der Waals surface area contributed by atoms with Gasteiger partial charge in [0.1, 0.15) is 0 Å². The number of nitrogens with one attached hydrogen (secondary N) is 1. The lowest BCUT2D eigenvalue weighted by Gasteiger charge is -2.24. The molecule has 0 spiro atoms. The van der Waals surface area contributed by atoms with E-state index in [9.17, 15) is 13.2 Å². The first-order chi connectivity index (χ1) is 12.3.